The van der Waals surface area contributed by atoms with Crippen molar-refractivity contribution in [3.8, 4) is 0 Å². The molecule has 5 heteroatoms. The molecule has 0 aromatic heterocycles. The van der Waals surface area contributed by atoms with Crippen LogP contribution in [0.3, 0.4) is 0 Å². The summed E-state index contributed by atoms with van der Waals surface area (Å²) in [5.41, 5.74) is 3.66. The molecule has 1 saturated carbocycles. The van der Waals surface area contributed by atoms with Gasteiger partial charge in [0.25, 0.3) is 0 Å². The van der Waals surface area contributed by atoms with E-state index in [-0.39, 0.29) is 0 Å². The maximum atomic E-state index is 6.04. The SMILES string of the molecule is CCCC[C@H]1CCCC(=Cc2ccc(Cl)cc2)C1=NOCCN1CCOCC1. The molecular weight excluding hydrogens is 372 g/mol. The first kappa shape index (κ1) is 21.4. The van der Waals surface area contributed by atoms with Gasteiger partial charge in [-0.15, -0.1) is 0 Å². The molecule has 0 N–H and O–H groups in total. The van der Waals surface area contributed by atoms with Crippen LogP contribution in [0.2, 0.25) is 5.02 Å². The van der Waals surface area contributed by atoms with Gasteiger partial charge in [0.1, 0.15) is 6.61 Å². The smallest absolute Gasteiger partial charge is 0.129 e. The summed E-state index contributed by atoms with van der Waals surface area (Å²) in [5.74, 6) is 0.510. The minimum atomic E-state index is 0.510. The second-order valence-corrected chi connectivity index (χ2v) is 8.15. The lowest BCUT2D eigenvalue weighted by Gasteiger charge is -2.27. The summed E-state index contributed by atoms with van der Waals surface area (Å²) in [5, 5.41) is 5.43. The number of hydrogen-bond donors (Lipinski definition) is 0. The van der Waals surface area contributed by atoms with Crippen LogP contribution in [-0.2, 0) is 9.57 Å². The molecule has 154 valence electrons. The van der Waals surface area contributed by atoms with E-state index in [1.54, 1.807) is 0 Å². The Morgan fingerprint density at radius 3 is 2.79 bits per heavy atom. The van der Waals surface area contributed by atoms with Crippen molar-refractivity contribution in [1.82, 2.24) is 4.90 Å². The predicted molar refractivity (Wildman–Crippen MR) is 117 cm³/mol. The number of oxime groups is 1. The molecule has 1 aromatic rings. The second-order valence-electron chi connectivity index (χ2n) is 7.72. The number of nitrogens with zero attached hydrogens (tertiary/aromatic N) is 2. The zero-order valence-electron chi connectivity index (χ0n) is 17.0. The number of ether oxygens (including phenoxy) is 1. The molecule has 0 radical (unpaired) electrons. The van der Waals surface area contributed by atoms with Crippen molar-refractivity contribution in [2.24, 2.45) is 11.1 Å². The molecule has 28 heavy (non-hydrogen) atoms. The van der Waals surface area contributed by atoms with Crippen LogP contribution in [0.5, 0.6) is 0 Å². The third-order valence-corrected chi connectivity index (χ3v) is 5.85. The van der Waals surface area contributed by atoms with Crippen LogP contribution in [-0.4, -0.2) is 50.1 Å². The Labute approximate surface area is 174 Å². The summed E-state index contributed by atoms with van der Waals surface area (Å²) < 4.78 is 5.40. The Hall–Kier alpha value is -1.36. The van der Waals surface area contributed by atoms with E-state index in [1.807, 2.05) is 12.1 Å². The highest BCUT2D eigenvalue weighted by molar-refractivity contribution is 6.30. The molecule has 1 saturated heterocycles. The van der Waals surface area contributed by atoms with E-state index in [0.717, 1.165) is 50.0 Å². The summed E-state index contributed by atoms with van der Waals surface area (Å²) in [6.45, 7) is 7.42. The monoisotopic (exact) mass is 404 g/mol. The molecular formula is C23H33ClN2O2. The van der Waals surface area contributed by atoms with Gasteiger partial charge in [0.05, 0.1) is 18.9 Å². The molecule has 0 amide bonds. The largest absolute Gasteiger partial charge is 0.394 e. The number of benzene rings is 1. The Balaban J connectivity index is 1.67. The fourth-order valence-corrected chi connectivity index (χ4v) is 4.07. The van der Waals surface area contributed by atoms with Crippen molar-refractivity contribution in [3.05, 3.63) is 40.4 Å². The van der Waals surface area contributed by atoms with E-state index >= 15 is 0 Å². The molecule has 1 aromatic carbocycles. The molecule has 1 atom stereocenters. The molecule has 0 spiro atoms. The van der Waals surface area contributed by atoms with Gasteiger partial charge in [-0.2, -0.15) is 0 Å². The second kappa shape index (κ2) is 11.6. The number of unbranched alkanes of at least 4 members (excludes halogenated alkanes) is 1. The van der Waals surface area contributed by atoms with Crippen LogP contribution in [0.15, 0.2) is 35.0 Å². The molecule has 2 aliphatic rings. The Bertz CT molecular complexity index is 651. The van der Waals surface area contributed by atoms with Crippen LogP contribution < -0.4 is 0 Å². The standard InChI is InChI=1S/C23H33ClN2O2/c1-2-3-5-20-6-4-7-21(18-19-8-10-22(24)11-9-19)23(20)25-28-17-14-26-12-15-27-16-13-26/h8-11,18,20H,2-7,12-17H2,1H3/t20-/m0/s1. The van der Waals surface area contributed by atoms with Gasteiger partial charge in [-0.25, -0.2) is 0 Å². The van der Waals surface area contributed by atoms with E-state index in [4.69, 9.17) is 21.2 Å². The lowest BCUT2D eigenvalue weighted by atomic mass is 9.80. The molecule has 2 fully saturated rings. The van der Waals surface area contributed by atoms with Crippen LogP contribution in [0.4, 0.5) is 0 Å². The van der Waals surface area contributed by atoms with Crippen LogP contribution in [0.25, 0.3) is 6.08 Å². The average Bonchev–Trinajstić information content (AvgIpc) is 2.73. The topological polar surface area (TPSA) is 34.1 Å². The summed E-state index contributed by atoms with van der Waals surface area (Å²) in [4.78, 5) is 8.20. The average molecular weight is 405 g/mol. The zero-order chi connectivity index (χ0) is 19.6. The number of morpholine rings is 1. The molecule has 3 rings (SSSR count). The van der Waals surface area contributed by atoms with E-state index < -0.39 is 0 Å². The fourth-order valence-electron chi connectivity index (χ4n) is 3.95. The molecule has 1 aliphatic carbocycles. The summed E-state index contributed by atoms with van der Waals surface area (Å²) >= 11 is 6.04. The molecule has 4 nitrogen and oxygen atoms in total. The maximum Gasteiger partial charge on any atom is 0.129 e. The molecule has 0 bridgehead atoms. The molecule has 1 heterocycles. The van der Waals surface area contributed by atoms with Crippen molar-refractivity contribution in [2.45, 2.75) is 45.4 Å². The Morgan fingerprint density at radius 1 is 1.25 bits per heavy atom. The van der Waals surface area contributed by atoms with Crippen molar-refractivity contribution >= 4 is 23.4 Å². The van der Waals surface area contributed by atoms with E-state index in [9.17, 15) is 0 Å². The first-order chi connectivity index (χ1) is 13.8. The van der Waals surface area contributed by atoms with E-state index in [2.05, 4.69) is 35.2 Å². The van der Waals surface area contributed by atoms with Gasteiger partial charge in [-0.1, -0.05) is 48.7 Å². The van der Waals surface area contributed by atoms with Crippen LogP contribution in [0, 0.1) is 5.92 Å². The Morgan fingerprint density at radius 2 is 2.04 bits per heavy atom. The van der Waals surface area contributed by atoms with Gasteiger partial charge in [0.2, 0.25) is 0 Å². The first-order valence-electron chi connectivity index (χ1n) is 10.7. The van der Waals surface area contributed by atoms with Gasteiger partial charge in [0.15, 0.2) is 0 Å². The van der Waals surface area contributed by atoms with Gasteiger partial charge in [-0.05, 0) is 55.0 Å². The number of allylic oxidation sites excluding steroid dienone is 1. The normalized spacial score (nSPS) is 24.0. The minimum absolute atomic E-state index is 0.510. The summed E-state index contributed by atoms with van der Waals surface area (Å²) in [7, 11) is 0. The van der Waals surface area contributed by atoms with Crippen molar-refractivity contribution in [3.63, 3.8) is 0 Å². The van der Waals surface area contributed by atoms with Crippen molar-refractivity contribution in [1.29, 1.82) is 0 Å². The highest BCUT2D eigenvalue weighted by Crippen LogP contribution is 2.31. The minimum Gasteiger partial charge on any atom is -0.394 e. The van der Waals surface area contributed by atoms with E-state index in [0.29, 0.717) is 12.5 Å². The zero-order valence-corrected chi connectivity index (χ0v) is 17.8. The van der Waals surface area contributed by atoms with Gasteiger partial charge in [-0.3, -0.25) is 4.90 Å². The van der Waals surface area contributed by atoms with E-state index in [1.165, 1.54) is 43.2 Å². The summed E-state index contributed by atoms with van der Waals surface area (Å²) in [6, 6.07) is 8.03. The quantitative estimate of drug-likeness (QED) is 0.428. The van der Waals surface area contributed by atoms with Crippen LogP contribution >= 0.6 is 11.6 Å². The molecule has 1 aliphatic heterocycles. The lowest BCUT2D eigenvalue weighted by Crippen LogP contribution is -2.38. The maximum absolute atomic E-state index is 6.04. The highest BCUT2D eigenvalue weighted by atomic mass is 35.5. The molecule has 0 unspecified atom stereocenters. The highest BCUT2D eigenvalue weighted by Gasteiger charge is 2.25. The predicted octanol–water partition coefficient (Wildman–Crippen LogP) is 5.42. The number of halogens is 1. The van der Waals surface area contributed by atoms with Crippen molar-refractivity contribution < 1.29 is 9.57 Å². The van der Waals surface area contributed by atoms with Crippen LogP contribution in [0.1, 0.15) is 51.0 Å². The third kappa shape index (κ3) is 6.61. The Kier molecular flexibility index (Phi) is 8.84. The fraction of sp³-hybridized carbons (Fsp3) is 0.609. The first-order valence-corrected chi connectivity index (χ1v) is 11.1. The third-order valence-electron chi connectivity index (χ3n) is 5.60. The lowest BCUT2D eigenvalue weighted by molar-refractivity contribution is 0.0210. The number of rotatable bonds is 8. The van der Waals surface area contributed by atoms with Gasteiger partial charge in [0, 0.05) is 30.6 Å². The summed E-state index contributed by atoms with van der Waals surface area (Å²) in [6.07, 6.45) is 9.42. The number of hydrogen-bond acceptors (Lipinski definition) is 4. The van der Waals surface area contributed by atoms with Gasteiger partial charge < -0.3 is 9.57 Å². The van der Waals surface area contributed by atoms with Crippen molar-refractivity contribution in [2.75, 3.05) is 39.5 Å². The van der Waals surface area contributed by atoms with Gasteiger partial charge >= 0.3 is 0 Å².